The van der Waals surface area contributed by atoms with Crippen molar-refractivity contribution in [1.82, 2.24) is 0 Å². The molecule has 2 saturated heterocycles. The Morgan fingerprint density at radius 2 is 1.41 bits per heavy atom. The van der Waals surface area contributed by atoms with Gasteiger partial charge in [0.15, 0.2) is 0 Å². The second-order valence-electron chi connectivity index (χ2n) is 8.47. The maximum Gasteiger partial charge on any atom is 0.490 e. The summed E-state index contributed by atoms with van der Waals surface area (Å²) in [6.45, 7) is 11.6. The van der Waals surface area contributed by atoms with Crippen molar-refractivity contribution in [3.8, 4) is 0 Å². The van der Waals surface area contributed by atoms with Gasteiger partial charge in [0.05, 0.1) is 37.6 Å². The van der Waals surface area contributed by atoms with Crippen LogP contribution in [0.25, 0.3) is 0 Å². The minimum absolute atomic E-state index is 0.160. The summed E-state index contributed by atoms with van der Waals surface area (Å²) in [5, 5.41) is 0. The van der Waals surface area contributed by atoms with E-state index < -0.39 is 0 Å². The standard InChI is InChI=1S/C18H25BO2.C4H8O2/c1-17(2)18(3,4)21-19(20-17)16-12-10-15(11-13-16)14-8-6-5-7-9-14;1-2-6-4-3-5-1/h5-9,12,15H,10-11,13H2,1-4H3;1-4H2. The highest BCUT2D eigenvalue weighted by Crippen LogP contribution is 2.41. The zero-order valence-corrected chi connectivity index (χ0v) is 17.2. The van der Waals surface area contributed by atoms with Crippen LogP contribution in [0.1, 0.15) is 58.4 Å². The Kier molecular flexibility index (Phi) is 6.80. The molecule has 1 aromatic rings. The fourth-order valence-corrected chi connectivity index (χ4v) is 3.53. The molecule has 27 heavy (non-hydrogen) atoms. The second-order valence-corrected chi connectivity index (χ2v) is 8.47. The summed E-state index contributed by atoms with van der Waals surface area (Å²) in [7, 11) is -0.160. The lowest BCUT2D eigenvalue weighted by atomic mass is 9.70. The Hall–Kier alpha value is -1.14. The van der Waals surface area contributed by atoms with Gasteiger partial charge < -0.3 is 18.8 Å². The van der Waals surface area contributed by atoms with Crippen LogP contribution in [0.4, 0.5) is 0 Å². The zero-order chi connectivity index (χ0) is 19.3. The smallest absolute Gasteiger partial charge is 0.400 e. The molecule has 1 unspecified atom stereocenters. The molecule has 1 atom stereocenters. The van der Waals surface area contributed by atoms with Gasteiger partial charge in [-0.1, -0.05) is 36.4 Å². The van der Waals surface area contributed by atoms with Gasteiger partial charge in [0.2, 0.25) is 0 Å². The quantitative estimate of drug-likeness (QED) is 0.714. The predicted molar refractivity (Wildman–Crippen MR) is 109 cm³/mol. The van der Waals surface area contributed by atoms with Gasteiger partial charge in [0.25, 0.3) is 0 Å². The average molecular weight is 372 g/mol. The van der Waals surface area contributed by atoms with Gasteiger partial charge in [-0.25, -0.2) is 0 Å². The third-order valence-corrected chi connectivity index (χ3v) is 6.02. The largest absolute Gasteiger partial charge is 0.490 e. The molecule has 0 amide bonds. The highest BCUT2D eigenvalue weighted by atomic mass is 16.7. The minimum atomic E-state index is -0.241. The van der Waals surface area contributed by atoms with Crippen molar-refractivity contribution in [2.45, 2.75) is 64.1 Å². The number of hydrogen-bond acceptors (Lipinski definition) is 4. The lowest BCUT2D eigenvalue weighted by Crippen LogP contribution is -2.41. The van der Waals surface area contributed by atoms with Crippen LogP contribution in [0.3, 0.4) is 0 Å². The highest BCUT2D eigenvalue weighted by Gasteiger charge is 2.52. The highest BCUT2D eigenvalue weighted by molar-refractivity contribution is 6.54. The van der Waals surface area contributed by atoms with E-state index in [9.17, 15) is 0 Å². The van der Waals surface area contributed by atoms with Crippen molar-refractivity contribution in [3.05, 3.63) is 47.4 Å². The summed E-state index contributed by atoms with van der Waals surface area (Å²) in [5.74, 6) is 0.636. The number of hydrogen-bond donors (Lipinski definition) is 0. The molecule has 1 aliphatic carbocycles. The van der Waals surface area contributed by atoms with Gasteiger partial charge >= 0.3 is 7.12 Å². The van der Waals surface area contributed by atoms with Gasteiger partial charge in [0.1, 0.15) is 0 Å². The number of rotatable bonds is 2. The predicted octanol–water partition coefficient (Wildman–Crippen LogP) is 4.55. The van der Waals surface area contributed by atoms with Crippen LogP contribution >= 0.6 is 0 Å². The average Bonchev–Trinajstić information content (AvgIpc) is 2.92. The molecule has 2 heterocycles. The van der Waals surface area contributed by atoms with Gasteiger partial charge in [-0.15, -0.1) is 0 Å². The lowest BCUT2D eigenvalue weighted by molar-refractivity contribution is -0.0334. The van der Waals surface area contributed by atoms with Gasteiger partial charge in [0, 0.05) is 0 Å². The molecule has 3 aliphatic rings. The van der Waals surface area contributed by atoms with E-state index in [1.807, 2.05) is 0 Å². The second kappa shape index (κ2) is 8.91. The minimum Gasteiger partial charge on any atom is -0.400 e. The van der Waals surface area contributed by atoms with Gasteiger partial charge in [-0.2, -0.15) is 0 Å². The Labute approximate surface area is 164 Å². The van der Waals surface area contributed by atoms with Crippen LogP contribution in [-0.4, -0.2) is 44.7 Å². The molecular formula is C22H33BO4. The first-order valence-corrected chi connectivity index (χ1v) is 10.1. The summed E-state index contributed by atoms with van der Waals surface area (Å²) in [5.41, 5.74) is 2.28. The molecule has 0 bridgehead atoms. The maximum absolute atomic E-state index is 6.15. The molecule has 2 fully saturated rings. The van der Waals surface area contributed by atoms with Crippen molar-refractivity contribution < 1.29 is 18.8 Å². The Morgan fingerprint density at radius 3 is 1.85 bits per heavy atom. The SMILES string of the molecule is C1COCCO1.CC1(C)OB(C2=CCC(c3ccccc3)CC2)OC1(C)C. The molecule has 148 valence electrons. The number of benzene rings is 1. The first kappa shape index (κ1) is 20.6. The fraction of sp³-hybridized carbons (Fsp3) is 0.636. The van der Waals surface area contributed by atoms with E-state index in [4.69, 9.17) is 18.8 Å². The van der Waals surface area contributed by atoms with Gasteiger partial charge in [-0.3, -0.25) is 0 Å². The molecule has 0 radical (unpaired) electrons. The monoisotopic (exact) mass is 372 g/mol. The van der Waals surface area contributed by atoms with E-state index in [-0.39, 0.29) is 18.3 Å². The Morgan fingerprint density at radius 1 is 0.852 bits per heavy atom. The first-order valence-electron chi connectivity index (χ1n) is 10.1. The molecule has 0 N–H and O–H groups in total. The van der Waals surface area contributed by atoms with E-state index in [0.717, 1.165) is 39.3 Å². The van der Waals surface area contributed by atoms with E-state index >= 15 is 0 Å². The van der Waals surface area contributed by atoms with Crippen LogP contribution in [0.15, 0.2) is 41.9 Å². The summed E-state index contributed by atoms with van der Waals surface area (Å²) in [6, 6.07) is 10.8. The van der Waals surface area contributed by atoms with Crippen LogP contribution < -0.4 is 0 Å². The normalized spacial score (nSPS) is 26.7. The topological polar surface area (TPSA) is 36.9 Å². The van der Waals surface area contributed by atoms with E-state index in [2.05, 4.69) is 64.1 Å². The van der Waals surface area contributed by atoms with Gasteiger partial charge in [-0.05, 0) is 63.9 Å². The zero-order valence-electron chi connectivity index (χ0n) is 17.2. The number of allylic oxidation sites excluding steroid dienone is 2. The maximum atomic E-state index is 6.15. The van der Waals surface area contributed by atoms with Crippen LogP contribution in [0.5, 0.6) is 0 Å². The van der Waals surface area contributed by atoms with Crippen molar-refractivity contribution >= 4 is 7.12 Å². The van der Waals surface area contributed by atoms with E-state index in [1.54, 1.807) is 0 Å². The fourth-order valence-electron chi connectivity index (χ4n) is 3.53. The van der Waals surface area contributed by atoms with Crippen LogP contribution in [-0.2, 0) is 18.8 Å². The number of ether oxygens (including phenoxy) is 2. The molecule has 0 saturated carbocycles. The molecule has 1 aromatic carbocycles. The Balaban J connectivity index is 0.000000299. The van der Waals surface area contributed by atoms with Crippen molar-refractivity contribution in [1.29, 1.82) is 0 Å². The lowest BCUT2D eigenvalue weighted by Gasteiger charge is -2.32. The van der Waals surface area contributed by atoms with Crippen molar-refractivity contribution in [3.63, 3.8) is 0 Å². The third-order valence-electron chi connectivity index (χ3n) is 6.02. The first-order chi connectivity index (χ1) is 12.9. The Bertz CT molecular complexity index is 595. The van der Waals surface area contributed by atoms with Crippen LogP contribution in [0.2, 0.25) is 0 Å². The summed E-state index contributed by atoms with van der Waals surface area (Å²) in [4.78, 5) is 0. The summed E-state index contributed by atoms with van der Waals surface area (Å²) < 4.78 is 22.2. The molecular weight excluding hydrogens is 339 g/mol. The molecule has 2 aliphatic heterocycles. The third kappa shape index (κ3) is 5.23. The molecule has 4 rings (SSSR count). The van der Waals surface area contributed by atoms with E-state index in [0.29, 0.717) is 5.92 Å². The molecule has 5 heteroatoms. The van der Waals surface area contributed by atoms with Crippen molar-refractivity contribution in [2.75, 3.05) is 26.4 Å². The molecule has 0 aromatic heterocycles. The van der Waals surface area contributed by atoms with Crippen LogP contribution in [0, 0.1) is 0 Å². The molecule has 0 spiro atoms. The van der Waals surface area contributed by atoms with Crippen molar-refractivity contribution in [2.24, 2.45) is 0 Å². The van der Waals surface area contributed by atoms with E-state index in [1.165, 1.54) is 17.5 Å². The summed E-state index contributed by atoms with van der Waals surface area (Å²) in [6.07, 6.45) is 5.67. The summed E-state index contributed by atoms with van der Waals surface area (Å²) >= 11 is 0. The molecule has 4 nitrogen and oxygen atoms in total.